The summed E-state index contributed by atoms with van der Waals surface area (Å²) in [6.45, 7) is 1.39. The standard InChI is InChI=1S/C15H16N6O/c1-2-4-11(5-3-1)15-20-19-14(22-15)8-16-12-6-7-13-17-10-18-21(13)9-12/h1-5,10,12,16H,6-9H2/t12-/m0/s1. The van der Waals surface area contributed by atoms with Gasteiger partial charge in [-0.25, -0.2) is 9.67 Å². The summed E-state index contributed by atoms with van der Waals surface area (Å²) < 4.78 is 7.64. The van der Waals surface area contributed by atoms with Crippen molar-refractivity contribution >= 4 is 0 Å². The number of hydrogen-bond donors (Lipinski definition) is 1. The van der Waals surface area contributed by atoms with Crippen molar-refractivity contribution in [3.63, 3.8) is 0 Å². The largest absolute Gasteiger partial charge is 0.419 e. The van der Waals surface area contributed by atoms with Gasteiger partial charge in [0.05, 0.1) is 13.1 Å². The molecule has 0 saturated heterocycles. The molecule has 1 aliphatic heterocycles. The zero-order chi connectivity index (χ0) is 14.8. The minimum atomic E-state index is 0.348. The Balaban J connectivity index is 1.38. The van der Waals surface area contributed by atoms with Gasteiger partial charge in [-0.2, -0.15) is 5.10 Å². The monoisotopic (exact) mass is 296 g/mol. The molecule has 3 aromatic rings. The minimum absolute atomic E-state index is 0.348. The van der Waals surface area contributed by atoms with Crippen molar-refractivity contribution in [1.29, 1.82) is 0 Å². The number of nitrogens with zero attached hydrogens (tertiary/aromatic N) is 5. The van der Waals surface area contributed by atoms with Gasteiger partial charge in [0.25, 0.3) is 0 Å². The summed E-state index contributed by atoms with van der Waals surface area (Å²) >= 11 is 0. The molecule has 0 amide bonds. The summed E-state index contributed by atoms with van der Waals surface area (Å²) in [6, 6.07) is 10.1. The van der Waals surface area contributed by atoms with Gasteiger partial charge in [-0.05, 0) is 18.6 Å². The van der Waals surface area contributed by atoms with Crippen LogP contribution in [0.25, 0.3) is 11.5 Å². The molecule has 1 aromatic carbocycles. The smallest absolute Gasteiger partial charge is 0.247 e. The number of hydrogen-bond acceptors (Lipinski definition) is 6. The van der Waals surface area contributed by atoms with Crippen LogP contribution in [0.15, 0.2) is 41.1 Å². The van der Waals surface area contributed by atoms with Gasteiger partial charge >= 0.3 is 0 Å². The molecule has 4 rings (SSSR count). The zero-order valence-corrected chi connectivity index (χ0v) is 12.0. The first-order valence-electron chi connectivity index (χ1n) is 7.36. The maximum atomic E-state index is 5.70. The fraction of sp³-hybridized carbons (Fsp3) is 0.333. The Morgan fingerprint density at radius 1 is 1.23 bits per heavy atom. The lowest BCUT2D eigenvalue weighted by Crippen LogP contribution is -2.37. The molecule has 112 valence electrons. The highest BCUT2D eigenvalue weighted by Crippen LogP contribution is 2.17. The van der Waals surface area contributed by atoms with E-state index in [4.69, 9.17) is 4.42 Å². The Morgan fingerprint density at radius 2 is 2.14 bits per heavy atom. The van der Waals surface area contributed by atoms with Crippen molar-refractivity contribution in [1.82, 2.24) is 30.3 Å². The molecule has 1 N–H and O–H groups in total. The quantitative estimate of drug-likeness (QED) is 0.784. The third kappa shape index (κ3) is 2.62. The predicted molar refractivity (Wildman–Crippen MR) is 78.7 cm³/mol. The molecular formula is C15H16N6O. The minimum Gasteiger partial charge on any atom is -0.419 e. The summed E-state index contributed by atoms with van der Waals surface area (Å²) in [5, 5.41) is 15.9. The number of fused-ring (bicyclic) bond motifs is 1. The molecule has 1 atom stereocenters. The second-order valence-electron chi connectivity index (χ2n) is 5.34. The molecule has 3 heterocycles. The zero-order valence-electron chi connectivity index (χ0n) is 12.0. The first-order chi connectivity index (χ1) is 10.9. The van der Waals surface area contributed by atoms with E-state index < -0.39 is 0 Å². The predicted octanol–water partition coefficient (Wildman–Crippen LogP) is 1.43. The first kappa shape index (κ1) is 13.1. The Hall–Kier alpha value is -2.54. The molecule has 0 aliphatic carbocycles. The van der Waals surface area contributed by atoms with E-state index in [2.05, 4.69) is 25.6 Å². The molecule has 0 bridgehead atoms. The van der Waals surface area contributed by atoms with Crippen molar-refractivity contribution in [2.75, 3.05) is 0 Å². The third-order valence-electron chi connectivity index (χ3n) is 3.84. The topological polar surface area (TPSA) is 81.7 Å². The molecule has 2 aromatic heterocycles. The van der Waals surface area contributed by atoms with Crippen molar-refractivity contribution in [2.24, 2.45) is 0 Å². The second kappa shape index (κ2) is 5.69. The van der Waals surface area contributed by atoms with Crippen LogP contribution in [0.2, 0.25) is 0 Å². The number of aromatic nitrogens is 5. The summed E-state index contributed by atoms with van der Waals surface area (Å²) in [4.78, 5) is 4.23. The maximum absolute atomic E-state index is 5.70. The van der Waals surface area contributed by atoms with Crippen LogP contribution in [0.4, 0.5) is 0 Å². The van der Waals surface area contributed by atoms with Crippen LogP contribution in [0.1, 0.15) is 18.1 Å². The number of aryl methyl sites for hydroxylation is 1. The van der Waals surface area contributed by atoms with E-state index in [-0.39, 0.29) is 0 Å². The lowest BCUT2D eigenvalue weighted by Gasteiger charge is -2.22. The van der Waals surface area contributed by atoms with Gasteiger partial charge in [0, 0.05) is 18.0 Å². The van der Waals surface area contributed by atoms with Gasteiger partial charge in [0.2, 0.25) is 11.8 Å². The number of nitrogens with one attached hydrogen (secondary N) is 1. The molecule has 0 saturated carbocycles. The summed E-state index contributed by atoms with van der Waals surface area (Å²) in [5.41, 5.74) is 0.936. The van der Waals surface area contributed by atoms with E-state index >= 15 is 0 Å². The Kier molecular flexibility index (Phi) is 3.40. The summed E-state index contributed by atoms with van der Waals surface area (Å²) in [5.74, 6) is 2.21. The van der Waals surface area contributed by atoms with Crippen molar-refractivity contribution < 1.29 is 4.42 Å². The third-order valence-corrected chi connectivity index (χ3v) is 3.84. The number of rotatable bonds is 4. The van der Waals surface area contributed by atoms with Crippen LogP contribution >= 0.6 is 0 Å². The molecule has 1 aliphatic rings. The molecule has 0 fully saturated rings. The molecule has 0 radical (unpaired) electrons. The molecule has 22 heavy (non-hydrogen) atoms. The fourth-order valence-electron chi connectivity index (χ4n) is 2.66. The van der Waals surface area contributed by atoms with E-state index in [1.165, 1.54) is 0 Å². The molecule has 0 spiro atoms. The lowest BCUT2D eigenvalue weighted by atomic mass is 10.1. The normalized spacial score (nSPS) is 17.4. The fourth-order valence-corrected chi connectivity index (χ4v) is 2.66. The summed E-state index contributed by atoms with van der Waals surface area (Å²) in [6.07, 6.45) is 3.59. The first-order valence-corrected chi connectivity index (χ1v) is 7.36. The van der Waals surface area contributed by atoms with Crippen LogP contribution in [0.5, 0.6) is 0 Å². The lowest BCUT2D eigenvalue weighted by molar-refractivity contribution is 0.342. The molecular weight excluding hydrogens is 280 g/mol. The van der Waals surface area contributed by atoms with Crippen LogP contribution in [0, 0.1) is 0 Å². The van der Waals surface area contributed by atoms with E-state index in [0.717, 1.165) is 30.8 Å². The average Bonchev–Trinajstić information content (AvgIpc) is 3.22. The van der Waals surface area contributed by atoms with Gasteiger partial charge in [0.1, 0.15) is 12.2 Å². The van der Waals surface area contributed by atoms with Crippen molar-refractivity contribution in [3.8, 4) is 11.5 Å². The molecule has 7 heteroatoms. The van der Waals surface area contributed by atoms with Crippen molar-refractivity contribution in [3.05, 3.63) is 48.4 Å². The van der Waals surface area contributed by atoms with Crippen LogP contribution in [0.3, 0.4) is 0 Å². The maximum Gasteiger partial charge on any atom is 0.247 e. The van der Waals surface area contributed by atoms with Gasteiger partial charge in [-0.1, -0.05) is 18.2 Å². The van der Waals surface area contributed by atoms with E-state index in [1.807, 2.05) is 35.0 Å². The highest BCUT2D eigenvalue weighted by Gasteiger charge is 2.20. The van der Waals surface area contributed by atoms with Gasteiger partial charge in [0.15, 0.2) is 0 Å². The van der Waals surface area contributed by atoms with Gasteiger partial charge in [-0.3, -0.25) is 0 Å². The molecule has 0 unspecified atom stereocenters. The second-order valence-corrected chi connectivity index (χ2v) is 5.34. The highest BCUT2D eigenvalue weighted by molar-refractivity contribution is 5.51. The Morgan fingerprint density at radius 3 is 3.05 bits per heavy atom. The SMILES string of the molecule is c1ccc(-c2nnc(CN[C@H]3CCc4ncnn4C3)o2)cc1. The van der Waals surface area contributed by atoms with Crippen LogP contribution in [-0.4, -0.2) is 31.0 Å². The highest BCUT2D eigenvalue weighted by atomic mass is 16.4. The number of benzene rings is 1. The Labute approximate surface area is 127 Å². The van der Waals surface area contributed by atoms with Gasteiger partial charge in [-0.15, -0.1) is 10.2 Å². The Bertz CT molecular complexity index is 750. The van der Waals surface area contributed by atoms with Crippen molar-refractivity contribution in [2.45, 2.75) is 32.0 Å². The van der Waals surface area contributed by atoms with E-state index in [1.54, 1.807) is 6.33 Å². The van der Waals surface area contributed by atoms with E-state index in [0.29, 0.717) is 24.4 Å². The van der Waals surface area contributed by atoms with Crippen LogP contribution in [-0.2, 0) is 19.5 Å². The van der Waals surface area contributed by atoms with E-state index in [9.17, 15) is 0 Å². The molecule has 7 nitrogen and oxygen atoms in total. The average molecular weight is 296 g/mol. The van der Waals surface area contributed by atoms with Gasteiger partial charge < -0.3 is 9.73 Å². The van der Waals surface area contributed by atoms with Crippen LogP contribution < -0.4 is 5.32 Å². The summed E-state index contributed by atoms with van der Waals surface area (Å²) in [7, 11) is 0.